The summed E-state index contributed by atoms with van der Waals surface area (Å²) in [6.45, 7) is -0.264. The Bertz CT molecular complexity index is 916. The number of nitro benzene ring substituents is 1. The van der Waals surface area contributed by atoms with Crippen LogP contribution >= 0.6 is 0 Å². The molecule has 0 amide bonds. The Morgan fingerprint density at radius 1 is 1.00 bits per heavy atom. The zero-order chi connectivity index (χ0) is 15.9. The second-order valence-corrected chi connectivity index (χ2v) is 6.73. The number of non-ortho nitro benzene ring substituents is 1. The Balaban J connectivity index is 2.29. The minimum atomic E-state index is -3.81. The maximum Gasteiger partial charge on any atom is 0.270 e. The Labute approximate surface area is 126 Å². The highest BCUT2D eigenvalue weighted by Gasteiger charge is 2.26. The number of fused-ring (bicyclic) bond motifs is 2. The molecule has 2 aromatic rings. The summed E-state index contributed by atoms with van der Waals surface area (Å²) in [5.41, 5.74) is 1.08. The number of nitrogens with zero attached hydrogens (tertiary/aromatic N) is 1. The molecule has 6 nitrogen and oxygen atoms in total. The van der Waals surface area contributed by atoms with Gasteiger partial charge in [0, 0.05) is 17.7 Å². The minimum Gasteiger partial charge on any atom is -0.392 e. The van der Waals surface area contributed by atoms with Crippen molar-refractivity contribution < 1.29 is 18.4 Å². The first-order valence-corrected chi connectivity index (χ1v) is 7.87. The summed E-state index contributed by atoms with van der Waals surface area (Å²) in [4.78, 5) is 10.4. The number of hydrogen-bond acceptors (Lipinski definition) is 5. The van der Waals surface area contributed by atoms with Crippen LogP contribution in [0.1, 0.15) is 16.7 Å². The molecule has 0 saturated carbocycles. The highest BCUT2D eigenvalue weighted by molar-refractivity contribution is 7.91. The van der Waals surface area contributed by atoms with Gasteiger partial charge in [-0.05, 0) is 23.3 Å². The molecule has 7 heteroatoms. The molecule has 22 heavy (non-hydrogen) atoms. The van der Waals surface area contributed by atoms with E-state index in [1.54, 1.807) is 24.3 Å². The summed E-state index contributed by atoms with van der Waals surface area (Å²) in [6, 6.07) is 8.32. The lowest BCUT2D eigenvalue weighted by molar-refractivity contribution is -0.384. The van der Waals surface area contributed by atoms with Crippen LogP contribution in [0.3, 0.4) is 0 Å². The molecule has 0 fully saturated rings. The van der Waals surface area contributed by atoms with E-state index < -0.39 is 14.8 Å². The summed E-state index contributed by atoms with van der Waals surface area (Å²) in [5, 5.41) is 20.0. The largest absolute Gasteiger partial charge is 0.392 e. The maximum absolute atomic E-state index is 12.8. The SMILES string of the molecule is O=[N+]([O-])c1ccc2c(c1)C=Cc1ccc(CO)cc1S2(=O)=O. The van der Waals surface area contributed by atoms with Crippen LogP contribution in [0.2, 0.25) is 0 Å². The van der Waals surface area contributed by atoms with Gasteiger partial charge in [0.15, 0.2) is 0 Å². The van der Waals surface area contributed by atoms with Gasteiger partial charge in [0.05, 0.1) is 21.3 Å². The first-order chi connectivity index (χ1) is 10.4. The van der Waals surface area contributed by atoms with Crippen molar-refractivity contribution in [2.24, 2.45) is 0 Å². The molecule has 1 aliphatic rings. The van der Waals surface area contributed by atoms with E-state index in [0.29, 0.717) is 11.1 Å². The zero-order valence-corrected chi connectivity index (χ0v) is 12.1. The zero-order valence-electron chi connectivity index (χ0n) is 11.3. The molecule has 0 aliphatic carbocycles. The van der Waals surface area contributed by atoms with Crippen molar-refractivity contribution in [3.8, 4) is 0 Å². The molecule has 0 unspecified atom stereocenters. The lowest BCUT2D eigenvalue weighted by Gasteiger charge is -2.09. The fourth-order valence-electron chi connectivity index (χ4n) is 2.37. The summed E-state index contributed by atoms with van der Waals surface area (Å²) in [6.07, 6.45) is 3.15. The third kappa shape index (κ3) is 2.20. The molecule has 1 aliphatic heterocycles. The fraction of sp³-hybridized carbons (Fsp3) is 0.0667. The van der Waals surface area contributed by atoms with Crippen molar-refractivity contribution in [2.75, 3.05) is 0 Å². The van der Waals surface area contributed by atoms with E-state index in [-0.39, 0.29) is 27.6 Å². The van der Waals surface area contributed by atoms with Gasteiger partial charge in [0.2, 0.25) is 9.84 Å². The van der Waals surface area contributed by atoms with Crippen LogP contribution in [0.5, 0.6) is 0 Å². The topological polar surface area (TPSA) is 97.5 Å². The maximum atomic E-state index is 12.8. The molecular formula is C15H11NO5S. The summed E-state index contributed by atoms with van der Waals surface area (Å²) < 4.78 is 25.5. The van der Waals surface area contributed by atoms with Crippen molar-refractivity contribution in [1.82, 2.24) is 0 Å². The summed E-state index contributed by atoms with van der Waals surface area (Å²) in [7, 11) is -3.81. The van der Waals surface area contributed by atoms with E-state index in [4.69, 9.17) is 0 Å². The van der Waals surface area contributed by atoms with Gasteiger partial charge in [-0.1, -0.05) is 24.3 Å². The normalized spacial score (nSPS) is 14.8. The van der Waals surface area contributed by atoms with Crippen molar-refractivity contribution in [3.63, 3.8) is 0 Å². The van der Waals surface area contributed by atoms with Crippen LogP contribution in [0.15, 0.2) is 46.2 Å². The van der Waals surface area contributed by atoms with Crippen LogP contribution in [0.4, 0.5) is 5.69 Å². The second kappa shape index (κ2) is 5.04. The lowest BCUT2D eigenvalue weighted by Crippen LogP contribution is -2.06. The molecule has 0 bridgehead atoms. The van der Waals surface area contributed by atoms with Gasteiger partial charge in [-0.2, -0.15) is 0 Å². The first-order valence-electron chi connectivity index (χ1n) is 6.39. The predicted octanol–water partition coefficient (Wildman–Crippen LogP) is 2.40. The third-order valence-electron chi connectivity index (χ3n) is 3.49. The van der Waals surface area contributed by atoms with E-state index in [1.165, 1.54) is 24.3 Å². The number of nitro groups is 1. The van der Waals surface area contributed by atoms with Crippen LogP contribution in [0.25, 0.3) is 12.2 Å². The van der Waals surface area contributed by atoms with Gasteiger partial charge >= 0.3 is 0 Å². The molecule has 0 spiro atoms. The quantitative estimate of drug-likeness (QED) is 0.578. The standard InChI is InChI=1S/C15H11NO5S/c17-9-10-1-2-11-3-4-12-8-13(16(18)19)5-6-14(12)22(20,21)15(11)7-10/h1-8,17H,9H2. The molecule has 0 atom stereocenters. The van der Waals surface area contributed by atoms with Crippen LogP contribution in [-0.4, -0.2) is 18.4 Å². The molecule has 0 saturated heterocycles. The molecule has 112 valence electrons. The van der Waals surface area contributed by atoms with E-state index in [9.17, 15) is 23.6 Å². The van der Waals surface area contributed by atoms with Crippen LogP contribution in [0, 0.1) is 10.1 Å². The monoisotopic (exact) mass is 317 g/mol. The molecule has 1 heterocycles. The fourth-order valence-corrected chi connectivity index (χ4v) is 4.04. The average Bonchev–Trinajstić information content (AvgIpc) is 2.62. The van der Waals surface area contributed by atoms with Gasteiger partial charge in [0.25, 0.3) is 5.69 Å². The van der Waals surface area contributed by atoms with Crippen molar-refractivity contribution in [3.05, 3.63) is 63.2 Å². The first kappa shape index (κ1) is 14.4. The van der Waals surface area contributed by atoms with Crippen LogP contribution < -0.4 is 0 Å². The number of aliphatic hydroxyl groups excluding tert-OH is 1. The number of rotatable bonds is 2. The number of benzene rings is 2. The smallest absolute Gasteiger partial charge is 0.270 e. The molecule has 3 rings (SSSR count). The predicted molar refractivity (Wildman–Crippen MR) is 79.8 cm³/mol. The van der Waals surface area contributed by atoms with Gasteiger partial charge in [-0.25, -0.2) is 8.42 Å². The average molecular weight is 317 g/mol. The lowest BCUT2D eigenvalue weighted by atomic mass is 10.1. The van der Waals surface area contributed by atoms with E-state index in [2.05, 4.69) is 0 Å². The molecule has 0 aromatic heterocycles. The van der Waals surface area contributed by atoms with E-state index in [1.807, 2.05) is 0 Å². The molecule has 2 aromatic carbocycles. The Kier molecular flexibility index (Phi) is 3.31. The number of hydrogen-bond donors (Lipinski definition) is 1. The Hall–Kier alpha value is -2.51. The highest BCUT2D eigenvalue weighted by Crippen LogP contribution is 2.34. The van der Waals surface area contributed by atoms with Gasteiger partial charge in [-0.3, -0.25) is 10.1 Å². The van der Waals surface area contributed by atoms with E-state index >= 15 is 0 Å². The van der Waals surface area contributed by atoms with Gasteiger partial charge in [0.1, 0.15) is 0 Å². The van der Waals surface area contributed by atoms with Gasteiger partial charge < -0.3 is 5.11 Å². The summed E-state index contributed by atoms with van der Waals surface area (Å²) >= 11 is 0. The molecular weight excluding hydrogens is 306 g/mol. The Morgan fingerprint density at radius 3 is 2.41 bits per heavy atom. The van der Waals surface area contributed by atoms with Gasteiger partial charge in [-0.15, -0.1) is 0 Å². The second-order valence-electron chi connectivity index (χ2n) is 4.85. The molecule has 1 N–H and O–H groups in total. The number of sulfone groups is 1. The van der Waals surface area contributed by atoms with Crippen LogP contribution in [-0.2, 0) is 16.4 Å². The molecule has 0 radical (unpaired) electrons. The third-order valence-corrected chi connectivity index (χ3v) is 5.37. The van der Waals surface area contributed by atoms with Crippen molar-refractivity contribution in [2.45, 2.75) is 16.4 Å². The van der Waals surface area contributed by atoms with Crippen molar-refractivity contribution in [1.29, 1.82) is 0 Å². The van der Waals surface area contributed by atoms with E-state index in [0.717, 1.165) is 0 Å². The summed E-state index contributed by atoms with van der Waals surface area (Å²) in [5.74, 6) is 0. The Morgan fingerprint density at radius 2 is 1.73 bits per heavy atom. The number of aliphatic hydroxyl groups is 1. The minimum absolute atomic E-state index is 0.0168. The highest BCUT2D eigenvalue weighted by atomic mass is 32.2. The van der Waals surface area contributed by atoms with Crippen molar-refractivity contribution >= 4 is 27.7 Å².